The molecular weight excluding hydrogens is 261 g/mol. The standard InChI is InChI=1S/C19H20FN/c20-17-7-5-13(6-8-17)16-11-19(12-16)21-18-9-14-3-1-2-4-15(14)10-18/h1-8,16,18-19,21H,9-12H2. The summed E-state index contributed by atoms with van der Waals surface area (Å²) in [6.45, 7) is 0. The number of halogens is 1. The molecule has 0 bridgehead atoms. The Morgan fingerprint density at radius 2 is 1.43 bits per heavy atom. The van der Waals surface area contributed by atoms with Gasteiger partial charge in [0.15, 0.2) is 0 Å². The molecule has 108 valence electrons. The molecule has 0 aliphatic heterocycles. The summed E-state index contributed by atoms with van der Waals surface area (Å²) < 4.78 is 12.9. The highest BCUT2D eigenvalue weighted by atomic mass is 19.1. The number of rotatable bonds is 3. The minimum atomic E-state index is -0.142. The maximum atomic E-state index is 12.9. The van der Waals surface area contributed by atoms with Crippen molar-refractivity contribution < 1.29 is 4.39 Å². The molecule has 4 rings (SSSR count). The van der Waals surface area contributed by atoms with Crippen LogP contribution in [0.2, 0.25) is 0 Å². The van der Waals surface area contributed by atoms with Gasteiger partial charge in [-0.3, -0.25) is 0 Å². The van der Waals surface area contributed by atoms with Gasteiger partial charge >= 0.3 is 0 Å². The summed E-state index contributed by atoms with van der Waals surface area (Å²) in [5.74, 6) is 0.461. The molecule has 2 heteroatoms. The molecule has 1 fully saturated rings. The zero-order chi connectivity index (χ0) is 14.2. The highest BCUT2D eigenvalue weighted by molar-refractivity contribution is 5.33. The first kappa shape index (κ1) is 13.0. The first-order chi connectivity index (χ1) is 10.3. The van der Waals surface area contributed by atoms with Crippen LogP contribution in [0, 0.1) is 5.82 Å². The first-order valence-corrected chi connectivity index (χ1v) is 7.86. The van der Waals surface area contributed by atoms with Crippen LogP contribution in [0.5, 0.6) is 0 Å². The molecule has 21 heavy (non-hydrogen) atoms. The molecule has 1 saturated carbocycles. The average Bonchev–Trinajstić information content (AvgIpc) is 2.86. The fourth-order valence-electron chi connectivity index (χ4n) is 3.77. The van der Waals surface area contributed by atoms with Crippen molar-refractivity contribution in [2.24, 2.45) is 0 Å². The number of fused-ring (bicyclic) bond motifs is 1. The van der Waals surface area contributed by atoms with E-state index in [0.29, 0.717) is 18.0 Å². The molecule has 0 amide bonds. The van der Waals surface area contributed by atoms with Crippen molar-refractivity contribution in [2.45, 2.75) is 43.7 Å². The van der Waals surface area contributed by atoms with Crippen molar-refractivity contribution in [2.75, 3.05) is 0 Å². The predicted molar refractivity (Wildman–Crippen MR) is 82.9 cm³/mol. The van der Waals surface area contributed by atoms with E-state index in [1.807, 2.05) is 12.1 Å². The Kier molecular flexibility index (Phi) is 3.27. The van der Waals surface area contributed by atoms with E-state index in [9.17, 15) is 4.39 Å². The summed E-state index contributed by atoms with van der Waals surface area (Å²) in [6, 6.07) is 17.0. The lowest BCUT2D eigenvalue weighted by Gasteiger charge is -2.38. The van der Waals surface area contributed by atoms with Crippen LogP contribution in [0.15, 0.2) is 48.5 Å². The third kappa shape index (κ3) is 2.60. The van der Waals surface area contributed by atoms with E-state index >= 15 is 0 Å². The summed E-state index contributed by atoms with van der Waals surface area (Å²) in [5.41, 5.74) is 4.29. The van der Waals surface area contributed by atoms with Crippen molar-refractivity contribution in [1.82, 2.24) is 5.32 Å². The number of hydrogen-bond donors (Lipinski definition) is 1. The summed E-state index contributed by atoms with van der Waals surface area (Å²) in [4.78, 5) is 0. The maximum absolute atomic E-state index is 12.9. The second-order valence-corrected chi connectivity index (χ2v) is 6.46. The topological polar surface area (TPSA) is 12.0 Å². The van der Waals surface area contributed by atoms with Gasteiger partial charge in [0.05, 0.1) is 0 Å². The molecule has 1 nitrogen and oxygen atoms in total. The van der Waals surface area contributed by atoms with Crippen molar-refractivity contribution in [1.29, 1.82) is 0 Å². The van der Waals surface area contributed by atoms with Gasteiger partial charge in [-0.05, 0) is 60.4 Å². The second-order valence-electron chi connectivity index (χ2n) is 6.46. The molecule has 0 unspecified atom stereocenters. The van der Waals surface area contributed by atoms with E-state index in [1.165, 1.54) is 29.5 Å². The zero-order valence-corrected chi connectivity index (χ0v) is 12.1. The molecule has 0 radical (unpaired) electrons. The predicted octanol–water partition coefficient (Wildman–Crippen LogP) is 3.83. The van der Waals surface area contributed by atoms with Gasteiger partial charge in [0, 0.05) is 12.1 Å². The number of benzene rings is 2. The Hall–Kier alpha value is -1.67. The molecule has 2 aromatic carbocycles. The minimum absolute atomic E-state index is 0.142. The fourth-order valence-corrected chi connectivity index (χ4v) is 3.77. The smallest absolute Gasteiger partial charge is 0.123 e. The Morgan fingerprint density at radius 3 is 2.05 bits per heavy atom. The summed E-state index contributed by atoms with van der Waals surface area (Å²) in [7, 11) is 0. The lowest BCUT2D eigenvalue weighted by atomic mass is 9.75. The largest absolute Gasteiger partial charge is 0.311 e. The SMILES string of the molecule is Fc1ccc(C2CC(NC3Cc4ccccc4C3)C2)cc1. The normalized spacial score (nSPS) is 24.6. The van der Waals surface area contributed by atoms with Gasteiger partial charge in [-0.25, -0.2) is 4.39 Å². The third-order valence-corrected chi connectivity index (χ3v) is 5.00. The highest BCUT2D eigenvalue weighted by Crippen LogP contribution is 2.37. The van der Waals surface area contributed by atoms with Gasteiger partial charge in [0.1, 0.15) is 5.82 Å². The monoisotopic (exact) mass is 281 g/mol. The van der Waals surface area contributed by atoms with Gasteiger partial charge in [0.25, 0.3) is 0 Å². The van der Waals surface area contributed by atoms with E-state index in [4.69, 9.17) is 0 Å². The fraction of sp³-hybridized carbons (Fsp3) is 0.368. The number of nitrogens with one attached hydrogen (secondary N) is 1. The van der Waals surface area contributed by atoms with Crippen LogP contribution >= 0.6 is 0 Å². The van der Waals surface area contributed by atoms with Gasteiger partial charge in [-0.2, -0.15) is 0 Å². The van der Waals surface area contributed by atoms with Gasteiger partial charge in [-0.15, -0.1) is 0 Å². The van der Waals surface area contributed by atoms with Crippen LogP contribution in [-0.4, -0.2) is 12.1 Å². The van der Waals surface area contributed by atoms with E-state index in [-0.39, 0.29) is 5.82 Å². The molecule has 0 saturated heterocycles. The van der Waals surface area contributed by atoms with E-state index in [0.717, 1.165) is 12.8 Å². The summed E-state index contributed by atoms with van der Waals surface area (Å²) in [5, 5.41) is 3.80. The summed E-state index contributed by atoms with van der Waals surface area (Å²) >= 11 is 0. The van der Waals surface area contributed by atoms with Gasteiger partial charge in [0.2, 0.25) is 0 Å². The zero-order valence-electron chi connectivity index (χ0n) is 12.1. The molecule has 0 spiro atoms. The summed E-state index contributed by atoms with van der Waals surface area (Å²) in [6.07, 6.45) is 4.68. The second kappa shape index (κ2) is 5.27. The molecule has 2 aromatic rings. The lowest BCUT2D eigenvalue weighted by Crippen LogP contribution is -2.45. The van der Waals surface area contributed by atoms with Crippen LogP contribution < -0.4 is 5.32 Å². The van der Waals surface area contributed by atoms with E-state index in [1.54, 1.807) is 12.1 Å². The Morgan fingerprint density at radius 1 is 0.810 bits per heavy atom. The minimum Gasteiger partial charge on any atom is -0.311 e. The number of hydrogen-bond acceptors (Lipinski definition) is 1. The Bertz CT molecular complexity index is 603. The van der Waals surface area contributed by atoms with Crippen molar-refractivity contribution >= 4 is 0 Å². The molecule has 0 heterocycles. The molecule has 2 aliphatic rings. The van der Waals surface area contributed by atoms with E-state index in [2.05, 4.69) is 29.6 Å². The van der Waals surface area contributed by atoms with Crippen molar-refractivity contribution in [3.8, 4) is 0 Å². The van der Waals surface area contributed by atoms with Crippen LogP contribution in [-0.2, 0) is 12.8 Å². The average molecular weight is 281 g/mol. The van der Waals surface area contributed by atoms with Crippen molar-refractivity contribution in [3.05, 3.63) is 71.0 Å². The third-order valence-electron chi connectivity index (χ3n) is 5.00. The van der Waals surface area contributed by atoms with E-state index < -0.39 is 0 Å². The molecule has 0 atom stereocenters. The molecule has 1 N–H and O–H groups in total. The van der Waals surface area contributed by atoms with Crippen LogP contribution in [0.1, 0.15) is 35.4 Å². The van der Waals surface area contributed by atoms with Gasteiger partial charge < -0.3 is 5.32 Å². The quantitative estimate of drug-likeness (QED) is 0.901. The van der Waals surface area contributed by atoms with Crippen LogP contribution in [0.4, 0.5) is 4.39 Å². The molecular formula is C19H20FN. The first-order valence-electron chi connectivity index (χ1n) is 7.86. The Balaban J connectivity index is 1.31. The highest BCUT2D eigenvalue weighted by Gasteiger charge is 2.33. The molecule has 2 aliphatic carbocycles. The van der Waals surface area contributed by atoms with Crippen molar-refractivity contribution in [3.63, 3.8) is 0 Å². The molecule has 0 aromatic heterocycles. The van der Waals surface area contributed by atoms with Crippen LogP contribution in [0.25, 0.3) is 0 Å². The van der Waals surface area contributed by atoms with Gasteiger partial charge in [-0.1, -0.05) is 36.4 Å². The van der Waals surface area contributed by atoms with Crippen LogP contribution in [0.3, 0.4) is 0 Å². The Labute approximate surface area is 125 Å². The lowest BCUT2D eigenvalue weighted by molar-refractivity contribution is 0.266. The maximum Gasteiger partial charge on any atom is 0.123 e.